The van der Waals surface area contributed by atoms with E-state index in [9.17, 15) is 19.7 Å². The van der Waals surface area contributed by atoms with Gasteiger partial charge in [-0.1, -0.05) is 13.3 Å². The maximum absolute atomic E-state index is 12.7. The predicted molar refractivity (Wildman–Crippen MR) is 108 cm³/mol. The van der Waals surface area contributed by atoms with Crippen LogP contribution in [-0.4, -0.2) is 37.2 Å². The molecule has 0 radical (unpaired) electrons. The number of benzene rings is 1. The second-order valence-corrected chi connectivity index (χ2v) is 6.51. The van der Waals surface area contributed by atoms with Crippen molar-refractivity contribution in [3.63, 3.8) is 0 Å². The maximum Gasteiger partial charge on any atom is 0.338 e. The number of methoxy groups -OCH3 is 1. The number of rotatable bonds is 10. The summed E-state index contributed by atoms with van der Waals surface area (Å²) in [7, 11) is 1.36. The van der Waals surface area contributed by atoms with Gasteiger partial charge in [0.25, 0.3) is 0 Å². The third-order valence-corrected chi connectivity index (χ3v) is 4.53. The largest absolute Gasteiger partial charge is 0.493 e. The van der Waals surface area contributed by atoms with Crippen LogP contribution in [0.4, 0.5) is 10.5 Å². The van der Waals surface area contributed by atoms with Gasteiger partial charge in [0.1, 0.15) is 0 Å². The van der Waals surface area contributed by atoms with Crippen LogP contribution in [0.25, 0.3) is 0 Å². The summed E-state index contributed by atoms with van der Waals surface area (Å²) < 4.78 is 15.9. The lowest BCUT2D eigenvalue weighted by molar-refractivity contribution is -0.386. The van der Waals surface area contributed by atoms with E-state index < -0.39 is 23.0 Å². The molecule has 0 aliphatic carbocycles. The Bertz CT molecular complexity index is 851. The second-order valence-electron chi connectivity index (χ2n) is 6.51. The second kappa shape index (κ2) is 10.5. The molecule has 1 aromatic rings. The van der Waals surface area contributed by atoms with Crippen molar-refractivity contribution in [2.75, 3.05) is 20.3 Å². The number of nitro groups is 1. The van der Waals surface area contributed by atoms with Gasteiger partial charge < -0.3 is 24.8 Å². The number of hydrogen-bond donors (Lipinski definition) is 2. The molecule has 0 fully saturated rings. The van der Waals surface area contributed by atoms with Gasteiger partial charge in [0, 0.05) is 11.8 Å². The quantitative estimate of drug-likeness (QED) is 0.337. The number of esters is 1. The average Bonchev–Trinajstić information content (AvgIpc) is 2.71. The van der Waals surface area contributed by atoms with Crippen LogP contribution >= 0.6 is 0 Å². The number of nitrogens with zero attached hydrogens (tertiary/aromatic N) is 1. The van der Waals surface area contributed by atoms with Gasteiger partial charge in [-0.05, 0) is 38.3 Å². The number of carbonyl (C=O) groups is 2. The molecular weight excluding hydrogens is 394 g/mol. The number of unbranched alkanes of at least 4 members (excludes halogenated alkanes) is 1. The van der Waals surface area contributed by atoms with Crippen LogP contribution in [0.15, 0.2) is 23.4 Å². The predicted octanol–water partition coefficient (Wildman–Crippen LogP) is 3.36. The van der Waals surface area contributed by atoms with Crippen molar-refractivity contribution in [3.05, 3.63) is 39.1 Å². The molecule has 1 atom stereocenters. The summed E-state index contributed by atoms with van der Waals surface area (Å²) in [5, 5.41) is 17.0. The van der Waals surface area contributed by atoms with Gasteiger partial charge in [-0.15, -0.1) is 0 Å². The normalized spacial score (nSPS) is 15.9. The lowest BCUT2D eigenvalue weighted by atomic mass is 9.92. The van der Waals surface area contributed by atoms with Crippen molar-refractivity contribution in [3.8, 4) is 11.5 Å². The number of amides is 2. The third kappa shape index (κ3) is 5.00. The molecule has 10 nitrogen and oxygen atoms in total. The van der Waals surface area contributed by atoms with Crippen molar-refractivity contribution in [1.29, 1.82) is 0 Å². The summed E-state index contributed by atoms with van der Waals surface area (Å²) in [5.41, 5.74) is 0.649. The first kappa shape index (κ1) is 23.0. The topological polar surface area (TPSA) is 129 Å². The Kier molecular flexibility index (Phi) is 8.02. The fraction of sp³-hybridized carbons (Fsp3) is 0.500. The van der Waals surface area contributed by atoms with E-state index in [0.29, 0.717) is 17.7 Å². The fourth-order valence-electron chi connectivity index (χ4n) is 3.22. The van der Waals surface area contributed by atoms with Gasteiger partial charge in [0.15, 0.2) is 5.75 Å². The Hall–Kier alpha value is -3.30. The smallest absolute Gasteiger partial charge is 0.338 e. The Morgan fingerprint density at radius 3 is 2.53 bits per heavy atom. The van der Waals surface area contributed by atoms with Crippen molar-refractivity contribution in [2.45, 2.75) is 46.1 Å². The Morgan fingerprint density at radius 2 is 1.97 bits per heavy atom. The molecule has 0 bridgehead atoms. The molecule has 0 spiro atoms. The molecule has 1 aromatic carbocycles. The van der Waals surface area contributed by atoms with Crippen molar-refractivity contribution >= 4 is 17.7 Å². The zero-order valence-corrected chi connectivity index (χ0v) is 17.6. The standard InChI is InChI=1S/C20H27N3O7/c1-5-8-9-13-16(19(24)30-7-3)17(22-20(25)21-13)12-10-14(23(26)27)18(29-6-2)15(11-12)28-4/h10-11,17H,5-9H2,1-4H3,(H2,21,22,25). The van der Waals surface area contributed by atoms with E-state index in [1.807, 2.05) is 6.92 Å². The van der Waals surface area contributed by atoms with Gasteiger partial charge in [0.05, 0.1) is 36.9 Å². The molecular formula is C20H27N3O7. The summed E-state index contributed by atoms with van der Waals surface area (Å²) in [4.78, 5) is 36.1. The molecule has 30 heavy (non-hydrogen) atoms. The molecule has 1 heterocycles. The van der Waals surface area contributed by atoms with Gasteiger partial charge in [-0.2, -0.15) is 0 Å². The monoisotopic (exact) mass is 421 g/mol. The number of allylic oxidation sites excluding steroid dienone is 1. The highest BCUT2D eigenvalue weighted by atomic mass is 16.6. The van der Waals surface area contributed by atoms with Crippen LogP contribution in [0.3, 0.4) is 0 Å². The molecule has 1 aliphatic rings. The lowest BCUT2D eigenvalue weighted by Crippen LogP contribution is -2.46. The van der Waals surface area contributed by atoms with Gasteiger partial charge in [-0.25, -0.2) is 9.59 Å². The Balaban J connectivity index is 2.68. The summed E-state index contributed by atoms with van der Waals surface area (Å²) in [6, 6.07) is 1.35. The van der Waals surface area contributed by atoms with Crippen molar-refractivity contribution < 1.29 is 28.7 Å². The van der Waals surface area contributed by atoms with Crippen LogP contribution < -0.4 is 20.1 Å². The summed E-state index contributed by atoms with van der Waals surface area (Å²) in [5.74, 6) is -0.481. The van der Waals surface area contributed by atoms with Crippen LogP contribution in [0.1, 0.15) is 51.6 Å². The SMILES string of the molecule is CCCCC1=C(C(=O)OCC)C(c2cc(OC)c(OCC)c([N+](=O)[O-])c2)NC(=O)N1. The summed E-state index contributed by atoms with van der Waals surface area (Å²) >= 11 is 0. The molecule has 0 aromatic heterocycles. The van der Waals surface area contributed by atoms with E-state index in [1.165, 1.54) is 19.2 Å². The summed E-state index contributed by atoms with van der Waals surface area (Å²) in [6.45, 7) is 5.72. The zero-order valence-electron chi connectivity index (χ0n) is 17.6. The first-order chi connectivity index (χ1) is 14.4. The Morgan fingerprint density at radius 1 is 1.23 bits per heavy atom. The molecule has 164 valence electrons. The van der Waals surface area contributed by atoms with Crippen molar-refractivity contribution in [2.24, 2.45) is 0 Å². The lowest BCUT2D eigenvalue weighted by Gasteiger charge is -2.29. The number of nitrogens with one attached hydrogen (secondary N) is 2. The van der Waals surface area contributed by atoms with Gasteiger partial charge in [-0.3, -0.25) is 10.1 Å². The number of carbonyl (C=O) groups excluding carboxylic acids is 2. The Labute approximate surface area is 174 Å². The van der Waals surface area contributed by atoms with E-state index in [2.05, 4.69) is 10.6 Å². The van der Waals surface area contributed by atoms with Crippen LogP contribution in [-0.2, 0) is 9.53 Å². The third-order valence-electron chi connectivity index (χ3n) is 4.53. The van der Waals surface area contributed by atoms with E-state index in [4.69, 9.17) is 14.2 Å². The highest BCUT2D eigenvalue weighted by Crippen LogP contribution is 2.42. The molecule has 1 aliphatic heterocycles. The molecule has 1 unspecified atom stereocenters. The van der Waals surface area contributed by atoms with E-state index >= 15 is 0 Å². The first-order valence-corrected chi connectivity index (χ1v) is 9.84. The molecule has 10 heteroatoms. The van der Waals surface area contributed by atoms with E-state index in [0.717, 1.165) is 12.8 Å². The van der Waals surface area contributed by atoms with Gasteiger partial charge >= 0.3 is 17.7 Å². The first-order valence-electron chi connectivity index (χ1n) is 9.84. The minimum atomic E-state index is -0.937. The highest BCUT2D eigenvalue weighted by Gasteiger charge is 2.35. The zero-order chi connectivity index (χ0) is 22.3. The van der Waals surface area contributed by atoms with Crippen LogP contribution in [0.2, 0.25) is 0 Å². The molecule has 2 rings (SSSR count). The number of urea groups is 1. The molecule has 0 saturated heterocycles. The van der Waals surface area contributed by atoms with E-state index in [1.54, 1.807) is 13.8 Å². The summed E-state index contributed by atoms with van der Waals surface area (Å²) in [6.07, 6.45) is 2.07. The van der Waals surface area contributed by atoms with E-state index in [-0.39, 0.29) is 36.0 Å². The van der Waals surface area contributed by atoms with Crippen LogP contribution in [0.5, 0.6) is 11.5 Å². The maximum atomic E-state index is 12.7. The number of ether oxygens (including phenoxy) is 3. The average molecular weight is 421 g/mol. The molecule has 0 saturated carbocycles. The molecule has 2 N–H and O–H groups in total. The minimum Gasteiger partial charge on any atom is -0.493 e. The highest BCUT2D eigenvalue weighted by molar-refractivity contribution is 5.95. The number of nitro benzene ring substituents is 1. The van der Waals surface area contributed by atoms with Gasteiger partial charge in [0.2, 0.25) is 5.75 Å². The molecule has 2 amide bonds. The number of hydrogen-bond acceptors (Lipinski definition) is 7. The van der Waals surface area contributed by atoms with Crippen molar-refractivity contribution in [1.82, 2.24) is 10.6 Å². The minimum absolute atomic E-state index is 0.0121. The van der Waals surface area contributed by atoms with Crippen LogP contribution in [0, 0.1) is 10.1 Å². The fourth-order valence-corrected chi connectivity index (χ4v) is 3.22.